The Morgan fingerprint density at radius 1 is 1.28 bits per heavy atom. The maximum Gasteiger partial charge on any atom is 0.416 e. The van der Waals surface area contributed by atoms with Gasteiger partial charge in [-0.2, -0.15) is 13.2 Å². The number of rotatable bonds is 5. The van der Waals surface area contributed by atoms with Crippen LogP contribution in [0.2, 0.25) is 0 Å². The molecule has 7 heteroatoms. The lowest BCUT2D eigenvalue weighted by Gasteiger charge is -2.14. The van der Waals surface area contributed by atoms with E-state index in [1.807, 2.05) is 0 Å². The minimum atomic E-state index is -4.63. The minimum Gasteiger partial charge on any atom is -0.394 e. The van der Waals surface area contributed by atoms with Crippen LogP contribution in [0.5, 0.6) is 0 Å². The molecule has 0 saturated carbocycles. The molecule has 0 aliphatic carbocycles. The van der Waals surface area contributed by atoms with E-state index >= 15 is 0 Å². The van der Waals surface area contributed by atoms with Crippen LogP contribution in [0.3, 0.4) is 0 Å². The summed E-state index contributed by atoms with van der Waals surface area (Å²) in [6.07, 6.45) is -5.67. The number of aliphatic hydroxyl groups excluding tert-OH is 2. The van der Waals surface area contributed by atoms with Crippen LogP contribution in [0, 0.1) is 5.82 Å². The van der Waals surface area contributed by atoms with Gasteiger partial charge in [-0.1, -0.05) is 6.07 Å². The van der Waals surface area contributed by atoms with Gasteiger partial charge in [-0.3, -0.25) is 0 Å². The van der Waals surface area contributed by atoms with E-state index in [1.54, 1.807) is 0 Å². The second-order valence-electron chi connectivity index (χ2n) is 3.77. The molecule has 18 heavy (non-hydrogen) atoms. The van der Waals surface area contributed by atoms with Gasteiger partial charge in [0.15, 0.2) is 0 Å². The summed E-state index contributed by atoms with van der Waals surface area (Å²) < 4.78 is 50.6. The molecule has 1 aromatic carbocycles. The van der Waals surface area contributed by atoms with Crippen molar-refractivity contribution >= 4 is 0 Å². The zero-order valence-corrected chi connectivity index (χ0v) is 9.34. The smallest absolute Gasteiger partial charge is 0.394 e. The van der Waals surface area contributed by atoms with E-state index in [9.17, 15) is 17.6 Å². The van der Waals surface area contributed by atoms with E-state index in [4.69, 9.17) is 10.2 Å². The lowest BCUT2D eigenvalue weighted by atomic mass is 10.1. The Morgan fingerprint density at radius 3 is 2.50 bits per heavy atom. The van der Waals surface area contributed by atoms with Crippen LogP contribution >= 0.6 is 0 Å². The molecule has 0 bridgehead atoms. The van der Waals surface area contributed by atoms with Crippen molar-refractivity contribution in [3.63, 3.8) is 0 Å². The van der Waals surface area contributed by atoms with Crippen molar-refractivity contribution in [3.8, 4) is 0 Å². The van der Waals surface area contributed by atoms with Gasteiger partial charge >= 0.3 is 6.18 Å². The predicted octanol–water partition coefficient (Wildman–Crippen LogP) is 1.29. The maximum absolute atomic E-state index is 12.8. The molecule has 0 aromatic heterocycles. The van der Waals surface area contributed by atoms with Crippen LogP contribution in [0.4, 0.5) is 17.6 Å². The highest BCUT2D eigenvalue weighted by Gasteiger charge is 2.33. The standard InChI is InChI=1S/C11H13F4NO2/c12-8-2-1-7(4-16-5-9(18)6-17)10(3-8)11(13,14)15/h1-3,9,16-18H,4-6H2/t9-/m1/s1. The van der Waals surface area contributed by atoms with Gasteiger partial charge in [0.2, 0.25) is 0 Å². The fourth-order valence-corrected chi connectivity index (χ4v) is 1.40. The van der Waals surface area contributed by atoms with E-state index in [1.165, 1.54) is 0 Å². The van der Waals surface area contributed by atoms with Crippen LogP contribution in [0.15, 0.2) is 18.2 Å². The number of alkyl halides is 3. The molecule has 0 amide bonds. The molecule has 1 atom stereocenters. The first kappa shape index (κ1) is 14.9. The van der Waals surface area contributed by atoms with Gasteiger partial charge in [-0.25, -0.2) is 4.39 Å². The van der Waals surface area contributed by atoms with Gasteiger partial charge in [0.25, 0.3) is 0 Å². The topological polar surface area (TPSA) is 52.5 Å². The molecule has 0 radical (unpaired) electrons. The van der Waals surface area contributed by atoms with Crippen molar-refractivity contribution < 1.29 is 27.8 Å². The third-order valence-corrected chi connectivity index (χ3v) is 2.28. The Morgan fingerprint density at radius 2 is 1.94 bits per heavy atom. The van der Waals surface area contributed by atoms with Crippen molar-refractivity contribution in [2.24, 2.45) is 0 Å². The number of halogens is 4. The number of benzene rings is 1. The third kappa shape index (κ3) is 4.25. The van der Waals surface area contributed by atoms with Crippen molar-refractivity contribution in [3.05, 3.63) is 35.1 Å². The van der Waals surface area contributed by atoms with Gasteiger partial charge in [-0.05, 0) is 17.7 Å². The fourth-order valence-electron chi connectivity index (χ4n) is 1.40. The van der Waals surface area contributed by atoms with E-state index in [2.05, 4.69) is 5.32 Å². The summed E-state index contributed by atoms with van der Waals surface area (Å²) >= 11 is 0. The molecule has 0 fully saturated rings. The third-order valence-electron chi connectivity index (χ3n) is 2.28. The van der Waals surface area contributed by atoms with E-state index in [-0.39, 0.29) is 18.7 Å². The summed E-state index contributed by atoms with van der Waals surface area (Å²) in [5.74, 6) is -0.957. The monoisotopic (exact) mass is 267 g/mol. The Balaban J connectivity index is 2.76. The Hall–Kier alpha value is -1.18. The first-order chi connectivity index (χ1) is 8.34. The van der Waals surface area contributed by atoms with Crippen LogP contribution in [0.1, 0.15) is 11.1 Å². The first-order valence-corrected chi connectivity index (χ1v) is 5.20. The van der Waals surface area contributed by atoms with Gasteiger partial charge in [-0.15, -0.1) is 0 Å². The number of nitrogens with one attached hydrogen (secondary N) is 1. The molecular weight excluding hydrogens is 254 g/mol. The minimum absolute atomic E-state index is 0.0504. The summed E-state index contributed by atoms with van der Waals surface area (Å²) in [6.45, 7) is -0.708. The van der Waals surface area contributed by atoms with E-state index in [0.29, 0.717) is 6.07 Å². The first-order valence-electron chi connectivity index (χ1n) is 5.20. The average molecular weight is 267 g/mol. The maximum atomic E-state index is 12.8. The highest BCUT2D eigenvalue weighted by atomic mass is 19.4. The van der Waals surface area contributed by atoms with Crippen LogP contribution in [-0.4, -0.2) is 29.5 Å². The Bertz CT molecular complexity index is 395. The van der Waals surface area contributed by atoms with E-state index in [0.717, 1.165) is 12.1 Å². The summed E-state index contributed by atoms with van der Waals surface area (Å²) in [4.78, 5) is 0. The Labute approximate surface area is 101 Å². The van der Waals surface area contributed by atoms with Gasteiger partial charge in [0.05, 0.1) is 18.3 Å². The second kappa shape index (κ2) is 6.12. The summed E-state index contributed by atoms with van der Waals surface area (Å²) in [6, 6.07) is 2.41. The molecule has 0 heterocycles. The summed E-state index contributed by atoms with van der Waals surface area (Å²) in [5, 5.41) is 20.1. The van der Waals surface area contributed by atoms with E-state index < -0.39 is 30.3 Å². The summed E-state index contributed by atoms with van der Waals surface area (Å²) in [5.41, 5.74) is -1.16. The van der Waals surface area contributed by atoms with Crippen molar-refractivity contribution in [1.29, 1.82) is 0 Å². The van der Waals surface area contributed by atoms with Crippen LogP contribution in [-0.2, 0) is 12.7 Å². The lowest BCUT2D eigenvalue weighted by molar-refractivity contribution is -0.138. The zero-order valence-electron chi connectivity index (χ0n) is 9.34. The molecule has 1 aromatic rings. The van der Waals surface area contributed by atoms with Crippen molar-refractivity contribution in [2.45, 2.75) is 18.8 Å². The highest BCUT2D eigenvalue weighted by Crippen LogP contribution is 2.32. The molecule has 0 spiro atoms. The molecule has 3 nitrogen and oxygen atoms in total. The molecule has 0 unspecified atom stereocenters. The van der Waals surface area contributed by atoms with Crippen molar-refractivity contribution in [2.75, 3.05) is 13.2 Å². The van der Waals surface area contributed by atoms with Crippen molar-refractivity contribution in [1.82, 2.24) is 5.32 Å². The SMILES string of the molecule is OC[C@H](O)CNCc1ccc(F)cc1C(F)(F)F. The number of aliphatic hydroxyl groups is 2. The van der Waals surface area contributed by atoms with Crippen LogP contribution < -0.4 is 5.32 Å². The number of hydrogen-bond donors (Lipinski definition) is 3. The van der Waals surface area contributed by atoms with Gasteiger partial charge in [0.1, 0.15) is 5.82 Å². The largest absolute Gasteiger partial charge is 0.416 e. The van der Waals surface area contributed by atoms with Gasteiger partial charge < -0.3 is 15.5 Å². The normalized spacial score (nSPS) is 13.7. The Kier molecular flexibility index (Phi) is 5.06. The zero-order chi connectivity index (χ0) is 13.8. The average Bonchev–Trinajstić information content (AvgIpc) is 2.29. The highest BCUT2D eigenvalue weighted by molar-refractivity contribution is 5.30. The molecule has 0 aliphatic rings. The lowest BCUT2D eigenvalue weighted by Crippen LogP contribution is -2.29. The number of hydrogen-bond acceptors (Lipinski definition) is 3. The predicted molar refractivity (Wildman–Crippen MR) is 56.2 cm³/mol. The summed E-state index contributed by atoms with van der Waals surface area (Å²) in [7, 11) is 0. The fraction of sp³-hybridized carbons (Fsp3) is 0.455. The molecule has 0 aliphatic heterocycles. The molecule has 3 N–H and O–H groups in total. The quantitative estimate of drug-likeness (QED) is 0.705. The molecular formula is C11H13F4NO2. The second-order valence-corrected chi connectivity index (χ2v) is 3.77. The molecule has 1 rings (SSSR count). The van der Waals surface area contributed by atoms with Crippen LogP contribution in [0.25, 0.3) is 0 Å². The molecule has 102 valence electrons. The van der Waals surface area contributed by atoms with Gasteiger partial charge in [0, 0.05) is 13.1 Å². The molecule has 0 saturated heterocycles.